The molecule has 1 aliphatic rings. The SMILES string of the molecule is Cc1cccc(C(=O)N2CCNC[C@H]2C)c1. The van der Waals surface area contributed by atoms with Crippen molar-refractivity contribution in [1.82, 2.24) is 10.2 Å². The van der Waals surface area contributed by atoms with Gasteiger partial charge in [0.15, 0.2) is 0 Å². The van der Waals surface area contributed by atoms with Crippen molar-refractivity contribution in [2.75, 3.05) is 19.6 Å². The minimum Gasteiger partial charge on any atom is -0.333 e. The number of nitrogens with zero attached hydrogens (tertiary/aromatic N) is 1. The third-order valence-electron chi connectivity index (χ3n) is 3.03. The van der Waals surface area contributed by atoms with E-state index in [1.54, 1.807) is 0 Å². The molecule has 3 nitrogen and oxygen atoms in total. The Morgan fingerprint density at radius 1 is 1.50 bits per heavy atom. The summed E-state index contributed by atoms with van der Waals surface area (Å²) in [6, 6.07) is 8.08. The summed E-state index contributed by atoms with van der Waals surface area (Å²) in [6.45, 7) is 6.67. The van der Waals surface area contributed by atoms with Gasteiger partial charge in [0.05, 0.1) is 0 Å². The number of nitrogens with one attached hydrogen (secondary N) is 1. The van der Waals surface area contributed by atoms with Gasteiger partial charge in [-0.25, -0.2) is 0 Å². The largest absolute Gasteiger partial charge is 0.333 e. The highest BCUT2D eigenvalue weighted by Gasteiger charge is 2.23. The molecule has 0 aromatic heterocycles. The molecule has 16 heavy (non-hydrogen) atoms. The average Bonchev–Trinajstić information content (AvgIpc) is 2.29. The van der Waals surface area contributed by atoms with Gasteiger partial charge in [0.25, 0.3) is 5.91 Å². The number of benzene rings is 1. The summed E-state index contributed by atoms with van der Waals surface area (Å²) < 4.78 is 0. The zero-order valence-corrected chi connectivity index (χ0v) is 9.86. The Morgan fingerprint density at radius 3 is 3.00 bits per heavy atom. The van der Waals surface area contributed by atoms with Gasteiger partial charge < -0.3 is 10.2 Å². The third kappa shape index (κ3) is 2.25. The van der Waals surface area contributed by atoms with Crippen LogP contribution in [0.1, 0.15) is 22.8 Å². The number of rotatable bonds is 1. The lowest BCUT2D eigenvalue weighted by Crippen LogP contribution is -2.52. The van der Waals surface area contributed by atoms with Crippen LogP contribution in [0.3, 0.4) is 0 Å². The Balaban J connectivity index is 2.17. The van der Waals surface area contributed by atoms with E-state index in [9.17, 15) is 4.79 Å². The van der Waals surface area contributed by atoms with Gasteiger partial charge in [-0.2, -0.15) is 0 Å². The van der Waals surface area contributed by atoms with E-state index in [0.717, 1.165) is 30.8 Å². The first kappa shape index (κ1) is 11.1. The lowest BCUT2D eigenvalue weighted by molar-refractivity contribution is 0.0655. The zero-order chi connectivity index (χ0) is 11.5. The van der Waals surface area contributed by atoms with Crippen LogP contribution >= 0.6 is 0 Å². The number of carbonyl (C=O) groups is 1. The van der Waals surface area contributed by atoms with E-state index in [4.69, 9.17) is 0 Å². The summed E-state index contributed by atoms with van der Waals surface area (Å²) in [5.74, 6) is 0.151. The summed E-state index contributed by atoms with van der Waals surface area (Å²) in [7, 11) is 0. The van der Waals surface area contributed by atoms with Gasteiger partial charge in [0.1, 0.15) is 0 Å². The molecule has 3 heteroatoms. The zero-order valence-electron chi connectivity index (χ0n) is 9.86. The Kier molecular flexibility index (Phi) is 3.25. The second kappa shape index (κ2) is 4.66. The summed E-state index contributed by atoms with van der Waals surface area (Å²) in [5.41, 5.74) is 1.93. The molecule has 1 atom stereocenters. The van der Waals surface area contributed by atoms with Gasteiger partial charge in [-0.15, -0.1) is 0 Å². The van der Waals surface area contributed by atoms with Crippen LogP contribution in [0.15, 0.2) is 24.3 Å². The van der Waals surface area contributed by atoms with Crippen LogP contribution in [0.2, 0.25) is 0 Å². The van der Waals surface area contributed by atoms with E-state index in [1.807, 2.05) is 36.1 Å². The van der Waals surface area contributed by atoms with Crippen LogP contribution in [-0.2, 0) is 0 Å². The second-order valence-corrected chi connectivity index (χ2v) is 4.42. The molecule has 1 amide bonds. The van der Waals surface area contributed by atoms with Crippen LogP contribution in [0.4, 0.5) is 0 Å². The van der Waals surface area contributed by atoms with Crippen molar-refractivity contribution < 1.29 is 4.79 Å². The minimum atomic E-state index is 0.151. The number of hydrogen-bond donors (Lipinski definition) is 1. The van der Waals surface area contributed by atoms with Crippen LogP contribution in [0.25, 0.3) is 0 Å². The van der Waals surface area contributed by atoms with E-state index < -0.39 is 0 Å². The third-order valence-corrected chi connectivity index (χ3v) is 3.03. The van der Waals surface area contributed by atoms with Crippen LogP contribution < -0.4 is 5.32 Å². The van der Waals surface area contributed by atoms with E-state index >= 15 is 0 Å². The number of aryl methyl sites for hydroxylation is 1. The molecule has 1 aromatic rings. The van der Waals surface area contributed by atoms with Gasteiger partial charge in [-0.3, -0.25) is 4.79 Å². The van der Waals surface area contributed by atoms with Crippen molar-refractivity contribution in [2.45, 2.75) is 19.9 Å². The highest BCUT2D eigenvalue weighted by Crippen LogP contribution is 2.11. The number of piperazine rings is 1. The van der Waals surface area contributed by atoms with Gasteiger partial charge in [0, 0.05) is 31.2 Å². The number of hydrogen-bond acceptors (Lipinski definition) is 2. The van der Waals surface area contributed by atoms with E-state index in [2.05, 4.69) is 12.2 Å². The molecule has 0 unspecified atom stereocenters. The predicted molar refractivity (Wildman–Crippen MR) is 64.5 cm³/mol. The maximum atomic E-state index is 12.3. The first-order valence-electron chi connectivity index (χ1n) is 5.77. The topological polar surface area (TPSA) is 32.3 Å². The monoisotopic (exact) mass is 218 g/mol. The van der Waals surface area contributed by atoms with Crippen molar-refractivity contribution in [2.24, 2.45) is 0 Å². The molecule has 0 radical (unpaired) electrons. The minimum absolute atomic E-state index is 0.151. The smallest absolute Gasteiger partial charge is 0.254 e. The summed E-state index contributed by atoms with van der Waals surface area (Å²) >= 11 is 0. The van der Waals surface area contributed by atoms with Crippen molar-refractivity contribution in [1.29, 1.82) is 0 Å². The fraction of sp³-hybridized carbons (Fsp3) is 0.462. The van der Waals surface area contributed by atoms with Crippen molar-refractivity contribution >= 4 is 5.91 Å². The molecular formula is C13H18N2O. The molecular weight excluding hydrogens is 200 g/mol. The number of amides is 1. The first-order valence-corrected chi connectivity index (χ1v) is 5.77. The van der Waals surface area contributed by atoms with Gasteiger partial charge in [-0.1, -0.05) is 17.7 Å². The Labute approximate surface area is 96.5 Å². The maximum absolute atomic E-state index is 12.3. The molecule has 1 N–H and O–H groups in total. The highest BCUT2D eigenvalue weighted by molar-refractivity contribution is 5.94. The van der Waals surface area contributed by atoms with Crippen molar-refractivity contribution in [3.8, 4) is 0 Å². The van der Waals surface area contributed by atoms with Crippen LogP contribution in [0.5, 0.6) is 0 Å². The van der Waals surface area contributed by atoms with Crippen LogP contribution in [-0.4, -0.2) is 36.5 Å². The van der Waals surface area contributed by atoms with Crippen molar-refractivity contribution in [3.63, 3.8) is 0 Å². The lowest BCUT2D eigenvalue weighted by Gasteiger charge is -2.34. The Bertz CT molecular complexity index is 389. The molecule has 1 heterocycles. The predicted octanol–water partition coefficient (Wildman–Crippen LogP) is 1.43. The van der Waals surface area contributed by atoms with Gasteiger partial charge in [-0.05, 0) is 26.0 Å². The van der Waals surface area contributed by atoms with Crippen molar-refractivity contribution in [3.05, 3.63) is 35.4 Å². The average molecular weight is 218 g/mol. The molecule has 0 saturated carbocycles. The summed E-state index contributed by atoms with van der Waals surface area (Å²) in [5, 5.41) is 3.29. The molecule has 1 aliphatic heterocycles. The molecule has 86 valence electrons. The summed E-state index contributed by atoms with van der Waals surface area (Å²) in [6.07, 6.45) is 0. The van der Waals surface area contributed by atoms with E-state index in [1.165, 1.54) is 0 Å². The number of carbonyl (C=O) groups excluding carboxylic acids is 1. The first-order chi connectivity index (χ1) is 7.68. The molecule has 1 aromatic carbocycles. The molecule has 0 bridgehead atoms. The highest BCUT2D eigenvalue weighted by atomic mass is 16.2. The summed E-state index contributed by atoms with van der Waals surface area (Å²) in [4.78, 5) is 14.2. The molecule has 1 fully saturated rings. The molecule has 2 rings (SSSR count). The maximum Gasteiger partial charge on any atom is 0.254 e. The molecule has 0 spiro atoms. The quantitative estimate of drug-likeness (QED) is 0.773. The van der Waals surface area contributed by atoms with Gasteiger partial charge >= 0.3 is 0 Å². The van der Waals surface area contributed by atoms with Crippen LogP contribution in [0, 0.1) is 6.92 Å². The normalized spacial score (nSPS) is 20.9. The van der Waals surface area contributed by atoms with Gasteiger partial charge in [0.2, 0.25) is 0 Å². The van der Waals surface area contributed by atoms with E-state index in [-0.39, 0.29) is 11.9 Å². The molecule has 1 saturated heterocycles. The molecule has 0 aliphatic carbocycles. The second-order valence-electron chi connectivity index (χ2n) is 4.42. The fourth-order valence-corrected chi connectivity index (χ4v) is 2.09. The fourth-order valence-electron chi connectivity index (χ4n) is 2.09. The Morgan fingerprint density at radius 2 is 2.31 bits per heavy atom. The Hall–Kier alpha value is -1.35. The van der Waals surface area contributed by atoms with E-state index in [0.29, 0.717) is 0 Å². The standard InChI is InChI=1S/C13H18N2O/c1-10-4-3-5-12(8-10)13(16)15-7-6-14-9-11(15)2/h3-5,8,11,14H,6-7,9H2,1-2H3/t11-/m1/s1. The lowest BCUT2D eigenvalue weighted by atomic mass is 10.1.